The van der Waals surface area contributed by atoms with Crippen LogP contribution in [-0.2, 0) is 9.59 Å². The van der Waals surface area contributed by atoms with Crippen molar-refractivity contribution in [3.05, 3.63) is 72.8 Å². The molecule has 0 saturated heterocycles. The Labute approximate surface area is 189 Å². The molecule has 0 aliphatic heterocycles. The summed E-state index contributed by atoms with van der Waals surface area (Å²) < 4.78 is 6.29. The Morgan fingerprint density at radius 3 is 2.71 bits per heavy atom. The molecular weight excluding hydrogens is 430 g/mol. The number of carbonyl (C=O) groups is 2. The van der Waals surface area contributed by atoms with Gasteiger partial charge in [0.2, 0.25) is 5.91 Å². The van der Waals surface area contributed by atoms with Crippen molar-refractivity contribution in [2.75, 3.05) is 24.2 Å². The highest BCUT2D eigenvalue weighted by atomic mass is 32.2. The number of rotatable bonds is 10. The van der Waals surface area contributed by atoms with E-state index in [1.165, 1.54) is 23.1 Å². The van der Waals surface area contributed by atoms with E-state index in [1.54, 1.807) is 6.08 Å². The van der Waals surface area contributed by atoms with Crippen molar-refractivity contribution in [1.82, 2.24) is 10.3 Å². The molecule has 31 heavy (non-hydrogen) atoms. The zero-order valence-corrected chi connectivity index (χ0v) is 18.7. The number of thioether (sulfide) groups is 1. The van der Waals surface area contributed by atoms with Crippen LogP contribution < -0.4 is 15.4 Å². The number of hydrogen-bond acceptors (Lipinski definition) is 6. The first-order valence-corrected chi connectivity index (χ1v) is 11.4. The number of anilines is 1. The SMILES string of the molecule is C=CCNC(=O)CSc1nc(-c2ccccc2)c(NC(=O)COc2cccc(C)c2)s1. The van der Waals surface area contributed by atoms with Crippen molar-refractivity contribution in [3.8, 4) is 17.0 Å². The maximum absolute atomic E-state index is 12.5. The zero-order valence-electron chi connectivity index (χ0n) is 17.1. The molecule has 0 aliphatic rings. The molecule has 0 unspecified atom stereocenters. The van der Waals surface area contributed by atoms with Gasteiger partial charge in [0.1, 0.15) is 16.4 Å². The van der Waals surface area contributed by atoms with Gasteiger partial charge in [-0.2, -0.15) is 0 Å². The molecular formula is C23H23N3O3S2. The average Bonchev–Trinajstić information content (AvgIpc) is 3.18. The van der Waals surface area contributed by atoms with E-state index in [-0.39, 0.29) is 24.2 Å². The first-order chi connectivity index (χ1) is 15.0. The molecule has 0 fully saturated rings. The fraction of sp³-hybridized carbons (Fsp3) is 0.174. The molecule has 3 rings (SSSR count). The second kappa shape index (κ2) is 11.3. The number of amides is 2. The van der Waals surface area contributed by atoms with Gasteiger partial charge in [-0.1, -0.05) is 71.6 Å². The summed E-state index contributed by atoms with van der Waals surface area (Å²) in [6.45, 7) is 5.87. The Morgan fingerprint density at radius 1 is 1.16 bits per heavy atom. The Balaban J connectivity index is 1.69. The van der Waals surface area contributed by atoms with Gasteiger partial charge in [0.15, 0.2) is 10.9 Å². The summed E-state index contributed by atoms with van der Waals surface area (Å²) in [6, 6.07) is 17.1. The van der Waals surface area contributed by atoms with Crippen molar-refractivity contribution in [2.45, 2.75) is 11.3 Å². The minimum Gasteiger partial charge on any atom is -0.484 e. The molecule has 2 N–H and O–H groups in total. The third-order valence-electron chi connectivity index (χ3n) is 4.04. The number of ether oxygens (including phenoxy) is 1. The lowest BCUT2D eigenvalue weighted by atomic mass is 10.2. The number of aromatic nitrogens is 1. The molecule has 1 aromatic heterocycles. The van der Waals surface area contributed by atoms with Gasteiger partial charge < -0.3 is 15.4 Å². The minimum atomic E-state index is -0.275. The summed E-state index contributed by atoms with van der Waals surface area (Å²) in [5, 5.41) is 6.26. The van der Waals surface area contributed by atoms with Crippen LogP contribution in [0.1, 0.15) is 5.56 Å². The van der Waals surface area contributed by atoms with Crippen molar-refractivity contribution in [1.29, 1.82) is 0 Å². The van der Waals surface area contributed by atoms with Gasteiger partial charge in [-0.15, -0.1) is 6.58 Å². The van der Waals surface area contributed by atoms with E-state index in [4.69, 9.17) is 4.74 Å². The zero-order chi connectivity index (χ0) is 22.1. The fourth-order valence-corrected chi connectivity index (χ4v) is 4.53. The molecule has 0 aliphatic carbocycles. The molecule has 2 amide bonds. The van der Waals surface area contributed by atoms with E-state index in [0.29, 0.717) is 27.3 Å². The van der Waals surface area contributed by atoms with Crippen LogP contribution in [-0.4, -0.2) is 35.7 Å². The van der Waals surface area contributed by atoms with Crippen molar-refractivity contribution < 1.29 is 14.3 Å². The lowest BCUT2D eigenvalue weighted by Crippen LogP contribution is -2.24. The van der Waals surface area contributed by atoms with Gasteiger partial charge in [0.05, 0.1) is 5.75 Å². The second-order valence-electron chi connectivity index (χ2n) is 6.56. The molecule has 8 heteroatoms. The predicted molar refractivity (Wildman–Crippen MR) is 127 cm³/mol. The van der Waals surface area contributed by atoms with Gasteiger partial charge in [-0.05, 0) is 24.6 Å². The van der Waals surface area contributed by atoms with Gasteiger partial charge in [0.25, 0.3) is 5.91 Å². The normalized spacial score (nSPS) is 10.4. The number of nitrogens with zero attached hydrogens (tertiary/aromatic N) is 1. The first kappa shape index (κ1) is 22.6. The number of nitrogens with one attached hydrogen (secondary N) is 2. The minimum absolute atomic E-state index is 0.0986. The van der Waals surface area contributed by atoms with Crippen LogP contribution in [0.15, 0.2) is 71.6 Å². The molecule has 0 radical (unpaired) electrons. The molecule has 160 valence electrons. The molecule has 0 saturated carbocycles. The number of carbonyl (C=O) groups excluding carboxylic acids is 2. The molecule has 0 bridgehead atoms. The fourth-order valence-electron chi connectivity index (χ4n) is 2.62. The number of hydrogen-bond donors (Lipinski definition) is 2. The molecule has 1 heterocycles. The predicted octanol–water partition coefficient (Wildman–Crippen LogP) is 4.53. The average molecular weight is 454 g/mol. The lowest BCUT2D eigenvalue weighted by Gasteiger charge is -2.08. The van der Waals surface area contributed by atoms with Crippen LogP contribution in [0, 0.1) is 6.92 Å². The van der Waals surface area contributed by atoms with Crippen LogP contribution >= 0.6 is 23.1 Å². The summed E-state index contributed by atoms with van der Waals surface area (Å²) >= 11 is 2.66. The van der Waals surface area contributed by atoms with E-state index >= 15 is 0 Å². The molecule has 2 aromatic carbocycles. The topological polar surface area (TPSA) is 80.3 Å². The third-order valence-corrected chi connectivity index (χ3v) is 6.15. The van der Waals surface area contributed by atoms with Crippen molar-refractivity contribution >= 4 is 39.9 Å². The number of benzene rings is 2. The first-order valence-electron chi connectivity index (χ1n) is 9.61. The monoisotopic (exact) mass is 453 g/mol. The Morgan fingerprint density at radius 2 is 1.97 bits per heavy atom. The summed E-state index contributed by atoms with van der Waals surface area (Å²) in [5.41, 5.74) is 2.62. The summed E-state index contributed by atoms with van der Waals surface area (Å²) in [5.74, 6) is 0.505. The molecule has 3 aromatic rings. The third kappa shape index (κ3) is 6.97. The van der Waals surface area contributed by atoms with E-state index < -0.39 is 0 Å². The van der Waals surface area contributed by atoms with Crippen LogP contribution in [0.5, 0.6) is 5.75 Å². The number of aryl methyl sites for hydroxylation is 1. The highest BCUT2D eigenvalue weighted by molar-refractivity contribution is 8.01. The van der Waals surface area contributed by atoms with E-state index in [0.717, 1.165) is 11.1 Å². The lowest BCUT2D eigenvalue weighted by molar-refractivity contribution is -0.119. The standard InChI is InChI=1S/C23H23N3O3S2/c1-3-12-24-20(28)15-30-23-26-21(17-9-5-4-6-10-17)22(31-23)25-19(27)14-29-18-11-7-8-16(2)13-18/h3-11,13H,1,12,14-15H2,2H3,(H,24,28)(H,25,27). The van der Waals surface area contributed by atoms with E-state index in [2.05, 4.69) is 22.2 Å². The van der Waals surface area contributed by atoms with Crippen LogP contribution in [0.4, 0.5) is 5.00 Å². The summed E-state index contributed by atoms with van der Waals surface area (Å²) in [7, 11) is 0. The Hall–Kier alpha value is -3.10. The highest BCUT2D eigenvalue weighted by Crippen LogP contribution is 2.37. The smallest absolute Gasteiger partial charge is 0.262 e. The maximum atomic E-state index is 12.5. The van der Waals surface area contributed by atoms with Crippen LogP contribution in [0.25, 0.3) is 11.3 Å². The molecule has 0 atom stereocenters. The largest absolute Gasteiger partial charge is 0.484 e. The Bertz CT molecular complexity index is 1050. The van der Waals surface area contributed by atoms with Crippen LogP contribution in [0.2, 0.25) is 0 Å². The van der Waals surface area contributed by atoms with E-state index in [1.807, 2.05) is 61.5 Å². The molecule has 0 spiro atoms. The van der Waals surface area contributed by atoms with Gasteiger partial charge in [-0.3, -0.25) is 9.59 Å². The number of thiazole rings is 1. The van der Waals surface area contributed by atoms with Crippen molar-refractivity contribution in [3.63, 3.8) is 0 Å². The van der Waals surface area contributed by atoms with E-state index in [9.17, 15) is 9.59 Å². The highest BCUT2D eigenvalue weighted by Gasteiger charge is 2.17. The van der Waals surface area contributed by atoms with Gasteiger partial charge in [-0.25, -0.2) is 4.98 Å². The van der Waals surface area contributed by atoms with Gasteiger partial charge in [0, 0.05) is 12.1 Å². The summed E-state index contributed by atoms with van der Waals surface area (Å²) in [4.78, 5) is 29.0. The van der Waals surface area contributed by atoms with Crippen LogP contribution in [0.3, 0.4) is 0 Å². The van der Waals surface area contributed by atoms with Gasteiger partial charge >= 0.3 is 0 Å². The quantitative estimate of drug-likeness (QED) is 0.348. The van der Waals surface area contributed by atoms with Crippen molar-refractivity contribution in [2.24, 2.45) is 0 Å². The molecule has 6 nitrogen and oxygen atoms in total. The Kier molecular flexibility index (Phi) is 8.26. The summed E-state index contributed by atoms with van der Waals surface area (Å²) in [6.07, 6.45) is 1.63. The maximum Gasteiger partial charge on any atom is 0.262 e. The second-order valence-corrected chi connectivity index (χ2v) is 8.78.